The van der Waals surface area contributed by atoms with Crippen LogP contribution in [-0.4, -0.2) is 51.4 Å². The van der Waals surface area contributed by atoms with Crippen molar-refractivity contribution in [3.05, 3.63) is 25.3 Å². The molecule has 0 aromatic carbocycles. The van der Waals surface area contributed by atoms with E-state index >= 15 is 0 Å². The summed E-state index contributed by atoms with van der Waals surface area (Å²) in [6.07, 6.45) is 3.35. The molecule has 0 aliphatic carbocycles. The molecular formula is C13H24O4. The highest BCUT2D eigenvalue weighted by atomic mass is 16.5. The Kier molecular flexibility index (Phi) is 10.1. The Hall–Kier alpha value is -0.680. The highest BCUT2D eigenvalue weighted by Crippen LogP contribution is 2.19. The largest absolute Gasteiger partial charge is 0.396 e. The SMILES string of the molecule is C=CCOCC(CO)(COCC)COCC=C. The zero-order chi connectivity index (χ0) is 13.0. The minimum Gasteiger partial charge on any atom is -0.396 e. The first-order valence-corrected chi connectivity index (χ1v) is 5.80. The van der Waals surface area contributed by atoms with Crippen LogP contribution in [0.2, 0.25) is 0 Å². The third-order valence-electron chi connectivity index (χ3n) is 2.24. The van der Waals surface area contributed by atoms with Crippen molar-refractivity contribution in [1.82, 2.24) is 0 Å². The lowest BCUT2D eigenvalue weighted by molar-refractivity contribution is -0.0841. The number of ether oxygens (including phenoxy) is 3. The van der Waals surface area contributed by atoms with E-state index in [1.165, 1.54) is 0 Å². The monoisotopic (exact) mass is 244 g/mol. The smallest absolute Gasteiger partial charge is 0.0645 e. The van der Waals surface area contributed by atoms with Crippen LogP contribution in [0.5, 0.6) is 0 Å². The first kappa shape index (κ1) is 16.3. The van der Waals surface area contributed by atoms with Crippen LogP contribution in [0, 0.1) is 5.41 Å². The van der Waals surface area contributed by atoms with Crippen molar-refractivity contribution in [2.75, 3.05) is 46.2 Å². The van der Waals surface area contributed by atoms with Gasteiger partial charge < -0.3 is 19.3 Å². The van der Waals surface area contributed by atoms with E-state index in [9.17, 15) is 5.11 Å². The van der Waals surface area contributed by atoms with Gasteiger partial charge in [-0.2, -0.15) is 0 Å². The Morgan fingerprint density at radius 1 is 1.00 bits per heavy atom. The Morgan fingerprint density at radius 3 is 1.82 bits per heavy atom. The molecule has 17 heavy (non-hydrogen) atoms. The first-order chi connectivity index (χ1) is 8.24. The lowest BCUT2D eigenvalue weighted by Gasteiger charge is -2.30. The predicted molar refractivity (Wildman–Crippen MR) is 68.0 cm³/mol. The van der Waals surface area contributed by atoms with E-state index in [0.717, 1.165) is 0 Å². The van der Waals surface area contributed by atoms with Gasteiger partial charge in [-0.1, -0.05) is 12.2 Å². The Balaban J connectivity index is 4.26. The fourth-order valence-corrected chi connectivity index (χ4v) is 1.30. The first-order valence-electron chi connectivity index (χ1n) is 5.80. The van der Waals surface area contributed by atoms with E-state index < -0.39 is 5.41 Å². The van der Waals surface area contributed by atoms with Gasteiger partial charge in [-0.05, 0) is 6.92 Å². The molecule has 0 rings (SSSR count). The summed E-state index contributed by atoms with van der Waals surface area (Å²) in [4.78, 5) is 0. The molecule has 0 radical (unpaired) electrons. The second kappa shape index (κ2) is 10.5. The number of hydrogen-bond donors (Lipinski definition) is 1. The zero-order valence-corrected chi connectivity index (χ0v) is 10.7. The van der Waals surface area contributed by atoms with E-state index in [1.807, 2.05) is 6.92 Å². The Bertz CT molecular complexity index is 190. The van der Waals surface area contributed by atoms with E-state index in [2.05, 4.69) is 13.2 Å². The molecule has 1 N–H and O–H groups in total. The maximum atomic E-state index is 9.51. The van der Waals surface area contributed by atoms with Gasteiger partial charge in [0.15, 0.2) is 0 Å². The third kappa shape index (κ3) is 7.28. The summed E-state index contributed by atoms with van der Waals surface area (Å²) in [6, 6.07) is 0. The number of hydrogen-bond acceptors (Lipinski definition) is 4. The van der Waals surface area contributed by atoms with Crippen LogP contribution in [0.25, 0.3) is 0 Å². The fourth-order valence-electron chi connectivity index (χ4n) is 1.30. The summed E-state index contributed by atoms with van der Waals surface area (Å²) in [5, 5.41) is 9.51. The van der Waals surface area contributed by atoms with Crippen molar-refractivity contribution < 1.29 is 19.3 Å². The van der Waals surface area contributed by atoms with Crippen LogP contribution in [0.4, 0.5) is 0 Å². The summed E-state index contributed by atoms with van der Waals surface area (Å²) in [5.74, 6) is 0. The summed E-state index contributed by atoms with van der Waals surface area (Å²) < 4.78 is 16.2. The Morgan fingerprint density at radius 2 is 1.47 bits per heavy atom. The quantitative estimate of drug-likeness (QED) is 0.416. The zero-order valence-electron chi connectivity index (χ0n) is 10.7. The van der Waals surface area contributed by atoms with Gasteiger partial charge in [0.2, 0.25) is 0 Å². The fraction of sp³-hybridized carbons (Fsp3) is 0.692. The van der Waals surface area contributed by atoms with E-state index in [-0.39, 0.29) is 6.61 Å². The summed E-state index contributed by atoms with van der Waals surface area (Å²) in [5.41, 5.74) is -0.512. The van der Waals surface area contributed by atoms with Crippen LogP contribution in [-0.2, 0) is 14.2 Å². The molecule has 0 amide bonds. The predicted octanol–water partition coefficient (Wildman–Crippen LogP) is 1.41. The molecule has 0 aromatic heterocycles. The highest BCUT2D eigenvalue weighted by molar-refractivity contribution is 4.80. The maximum absolute atomic E-state index is 9.51. The average molecular weight is 244 g/mol. The number of aliphatic hydroxyl groups is 1. The van der Waals surface area contributed by atoms with Crippen LogP contribution in [0.1, 0.15) is 6.92 Å². The lowest BCUT2D eigenvalue weighted by atomic mass is 9.92. The highest BCUT2D eigenvalue weighted by Gasteiger charge is 2.30. The van der Waals surface area contributed by atoms with Crippen molar-refractivity contribution >= 4 is 0 Å². The van der Waals surface area contributed by atoms with Crippen LogP contribution in [0.15, 0.2) is 25.3 Å². The standard InChI is InChI=1S/C13H24O4/c1-4-7-16-11-13(9-14,10-15-6-3)12-17-8-5-2/h4-5,14H,1-2,6-12H2,3H3. The molecule has 0 bridgehead atoms. The van der Waals surface area contributed by atoms with Gasteiger partial charge in [0.1, 0.15) is 0 Å². The van der Waals surface area contributed by atoms with Gasteiger partial charge >= 0.3 is 0 Å². The van der Waals surface area contributed by atoms with Gasteiger partial charge in [-0.25, -0.2) is 0 Å². The van der Waals surface area contributed by atoms with Crippen LogP contribution in [0.3, 0.4) is 0 Å². The second-order valence-electron chi connectivity index (χ2n) is 3.90. The molecule has 100 valence electrons. The molecule has 0 aliphatic rings. The van der Waals surface area contributed by atoms with Crippen molar-refractivity contribution in [2.24, 2.45) is 5.41 Å². The molecule has 0 fully saturated rings. The van der Waals surface area contributed by atoms with Crippen molar-refractivity contribution in [1.29, 1.82) is 0 Å². The third-order valence-corrected chi connectivity index (χ3v) is 2.24. The molecule has 4 nitrogen and oxygen atoms in total. The molecular weight excluding hydrogens is 220 g/mol. The molecule has 0 spiro atoms. The van der Waals surface area contributed by atoms with Gasteiger partial charge in [0.25, 0.3) is 0 Å². The van der Waals surface area contributed by atoms with Gasteiger partial charge in [0, 0.05) is 6.61 Å². The van der Waals surface area contributed by atoms with Crippen molar-refractivity contribution in [3.63, 3.8) is 0 Å². The second-order valence-corrected chi connectivity index (χ2v) is 3.90. The summed E-state index contributed by atoms with van der Waals surface area (Å²) in [6.45, 7) is 11.7. The lowest BCUT2D eigenvalue weighted by Crippen LogP contribution is -2.40. The molecule has 0 saturated carbocycles. The van der Waals surface area contributed by atoms with Gasteiger partial charge in [0.05, 0.1) is 45.1 Å². The molecule has 0 atom stereocenters. The maximum Gasteiger partial charge on any atom is 0.0645 e. The Labute approximate surface area is 104 Å². The minimum absolute atomic E-state index is 0.0404. The van der Waals surface area contributed by atoms with Gasteiger partial charge in [-0.3, -0.25) is 0 Å². The van der Waals surface area contributed by atoms with E-state index in [4.69, 9.17) is 14.2 Å². The molecule has 0 aromatic rings. The van der Waals surface area contributed by atoms with Crippen LogP contribution < -0.4 is 0 Å². The van der Waals surface area contributed by atoms with E-state index in [1.54, 1.807) is 12.2 Å². The minimum atomic E-state index is -0.512. The number of rotatable bonds is 12. The average Bonchev–Trinajstić information content (AvgIpc) is 2.36. The molecule has 4 heteroatoms. The molecule has 0 unspecified atom stereocenters. The van der Waals surface area contributed by atoms with Crippen LogP contribution >= 0.6 is 0 Å². The molecule has 0 saturated heterocycles. The summed E-state index contributed by atoms with van der Waals surface area (Å²) >= 11 is 0. The van der Waals surface area contributed by atoms with Crippen molar-refractivity contribution in [2.45, 2.75) is 6.92 Å². The topological polar surface area (TPSA) is 47.9 Å². The molecule has 0 aliphatic heterocycles. The van der Waals surface area contributed by atoms with Crippen molar-refractivity contribution in [3.8, 4) is 0 Å². The summed E-state index contributed by atoms with van der Waals surface area (Å²) in [7, 11) is 0. The molecule has 0 heterocycles. The number of aliphatic hydroxyl groups excluding tert-OH is 1. The van der Waals surface area contributed by atoms with E-state index in [0.29, 0.717) is 39.6 Å². The van der Waals surface area contributed by atoms with Gasteiger partial charge in [-0.15, -0.1) is 13.2 Å². The normalized spacial score (nSPS) is 11.4.